The van der Waals surface area contributed by atoms with E-state index in [-0.39, 0.29) is 11.7 Å². The van der Waals surface area contributed by atoms with Gasteiger partial charge >= 0.3 is 0 Å². The summed E-state index contributed by atoms with van der Waals surface area (Å²) in [6, 6.07) is 11.5. The second-order valence-electron chi connectivity index (χ2n) is 5.46. The fourth-order valence-electron chi connectivity index (χ4n) is 2.13. The quantitative estimate of drug-likeness (QED) is 0.771. The third-order valence-corrected chi connectivity index (χ3v) is 3.57. The third kappa shape index (κ3) is 3.97. The van der Waals surface area contributed by atoms with Gasteiger partial charge in [-0.3, -0.25) is 4.79 Å². The van der Waals surface area contributed by atoms with Crippen molar-refractivity contribution in [1.82, 2.24) is 20.2 Å². The second kappa shape index (κ2) is 7.08. The molecule has 0 saturated carbocycles. The molecule has 3 aromatic rings. The summed E-state index contributed by atoms with van der Waals surface area (Å²) in [5, 5.41) is 13.5. The number of nitrogens with one attached hydrogen (secondary N) is 1. The first-order valence-corrected chi connectivity index (χ1v) is 7.60. The van der Waals surface area contributed by atoms with Crippen LogP contribution in [0.2, 0.25) is 0 Å². The summed E-state index contributed by atoms with van der Waals surface area (Å²) in [7, 11) is 0. The molecular formula is C17H16FN5O2. The average Bonchev–Trinajstić information content (AvgIpc) is 3.13. The van der Waals surface area contributed by atoms with Gasteiger partial charge in [-0.1, -0.05) is 6.07 Å². The van der Waals surface area contributed by atoms with E-state index in [4.69, 9.17) is 4.74 Å². The van der Waals surface area contributed by atoms with Crippen LogP contribution in [0.5, 0.6) is 5.75 Å². The Kier molecular flexibility index (Phi) is 4.69. The molecule has 0 aliphatic carbocycles. The zero-order valence-corrected chi connectivity index (χ0v) is 13.7. The fourth-order valence-corrected chi connectivity index (χ4v) is 2.13. The van der Waals surface area contributed by atoms with Crippen LogP contribution < -0.4 is 10.1 Å². The van der Waals surface area contributed by atoms with Crippen LogP contribution in [0.1, 0.15) is 12.5 Å². The first-order chi connectivity index (χ1) is 12.0. The van der Waals surface area contributed by atoms with Gasteiger partial charge in [-0.05, 0) is 66.2 Å². The van der Waals surface area contributed by atoms with Crippen molar-refractivity contribution in [2.75, 3.05) is 5.32 Å². The number of anilines is 1. The molecule has 1 amide bonds. The third-order valence-electron chi connectivity index (χ3n) is 3.57. The van der Waals surface area contributed by atoms with Gasteiger partial charge in [0.05, 0.1) is 5.69 Å². The maximum atomic E-state index is 13.5. The van der Waals surface area contributed by atoms with E-state index in [9.17, 15) is 9.18 Å². The van der Waals surface area contributed by atoms with E-state index >= 15 is 0 Å². The predicted molar refractivity (Wildman–Crippen MR) is 89.0 cm³/mol. The van der Waals surface area contributed by atoms with Crippen molar-refractivity contribution >= 4 is 11.6 Å². The van der Waals surface area contributed by atoms with Crippen molar-refractivity contribution in [3.63, 3.8) is 0 Å². The molecular weight excluding hydrogens is 325 g/mol. The topological polar surface area (TPSA) is 81.9 Å². The highest BCUT2D eigenvalue weighted by Gasteiger charge is 2.15. The first kappa shape index (κ1) is 16.6. The molecule has 0 aliphatic rings. The van der Waals surface area contributed by atoms with Gasteiger partial charge in [0, 0.05) is 5.69 Å². The molecule has 25 heavy (non-hydrogen) atoms. The van der Waals surface area contributed by atoms with Crippen LogP contribution in [0.3, 0.4) is 0 Å². The monoisotopic (exact) mass is 341 g/mol. The number of tetrazole rings is 1. The normalized spacial score (nSPS) is 11.8. The molecule has 3 rings (SSSR count). The van der Waals surface area contributed by atoms with E-state index in [1.165, 1.54) is 17.1 Å². The van der Waals surface area contributed by atoms with Gasteiger partial charge in [0.2, 0.25) is 0 Å². The number of aromatic nitrogens is 4. The highest BCUT2D eigenvalue weighted by molar-refractivity contribution is 5.94. The summed E-state index contributed by atoms with van der Waals surface area (Å²) in [6.07, 6.45) is 0.732. The number of rotatable bonds is 5. The number of aryl methyl sites for hydroxylation is 1. The minimum absolute atomic E-state index is 0.368. The summed E-state index contributed by atoms with van der Waals surface area (Å²) in [4.78, 5) is 12.2. The van der Waals surface area contributed by atoms with Crippen molar-refractivity contribution in [3.8, 4) is 11.4 Å². The van der Waals surface area contributed by atoms with E-state index in [2.05, 4.69) is 20.8 Å². The number of nitrogens with zero attached hydrogens (tertiary/aromatic N) is 4. The lowest BCUT2D eigenvalue weighted by Crippen LogP contribution is -2.30. The fraction of sp³-hybridized carbons (Fsp3) is 0.176. The minimum Gasteiger partial charge on any atom is -0.481 e. The van der Waals surface area contributed by atoms with Crippen LogP contribution in [-0.4, -0.2) is 32.2 Å². The molecule has 0 bridgehead atoms. The first-order valence-electron chi connectivity index (χ1n) is 7.60. The van der Waals surface area contributed by atoms with Crippen LogP contribution in [0.4, 0.5) is 10.1 Å². The Morgan fingerprint density at radius 2 is 2.00 bits per heavy atom. The lowest BCUT2D eigenvalue weighted by molar-refractivity contribution is -0.122. The molecule has 0 spiro atoms. The molecule has 1 heterocycles. The maximum absolute atomic E-state index is 13.5. The van der Waals surface area contributed by atoms with Crippen LogP contribution in [-0.2, 0) is 4.79 Å². The van der Waals surface area contributed by atoms with Gasteiger partial charge in [-0.15, -0.1) is 5.10 Å². The van der Waals surface area contributed by atoms with Crippen LogP contribution in [0, 0.1) is 12.7 Å². The molecule has 1 aromatic heterocycles. The van der Waals surface area contributed by atoms with Gasteiger partial charge in [0.25, 0.3) is 5.91 Å². The Morgan fingerprint density at radius 3 is 2.64 bits per heavy atom. The standard InChI is InChI=1S/C17H16FN5O2/c1-11-3-4-13(9-16(11)18)20-17(24)12(2)25-15-7-5-14(6-8-15)23-10-19-21-22-23/h3-10,12H,1-2H3,(H,20,24)/t12-/m0/s1. The number of ether oxygens (including phenoxy) is 1. The number of carbonyl (C=O) groups excluding carboxylic acids is 1. The molecule has 2 aromatic carbocycles. The molecule has 0 unspecified atom stereocenters. The zero-order valence-electron chi connectivity index (χ0n) is 13.7. The SMILES string of the molecule is Cc1ccc(NC(=O)[C@H](C)Oc2ccc(-n3cnnn3)cc2)cc1F. The molecule has 1 N–H and O–H groups in total. The second-order valence-corrected chi connectivity index (χ2v) is 5.46. The van der Waals surface area contributed by atoms with Gasteiger partial charge in [-0.2, -0.15) is 0 Å². The Morgan fingerprint density at radius 1 is 1.24 bits per heavy atom. The highest BCUT2D eigenvalue weighted by atomic mass is 19.1. The molecule has 1 atom stereocenters. The molecule has 128 valence electrons. The minimum atomic E-state index is -0.747. The van der Waals surface area contributed by atoms with Crippen molar-refractivity contribution in [2.24, 2.45) is 0 Å². The summed E-state index contributed by atoms with van der Waals surface area (Å²) < 4.78 is 20.6. The predicted octanol–water partition coefficient (Wildman–Crippen LogP) is 2.52. The van der Waals surface area contributed by atoms with Gasteiger partial charge < -0.3 is 10.1 Å². The Labute approximate surface area is 143 Å². The molecule has 0 fully saturated rings. The summed E-state index contributed by atoms with van der Waals surface area (Å²) in [6.45, 7) is 3.28. The average molecular weight is 341 g/mol. The van der Waals surface area contributed by atoms with Gasteiger partial charge in [0.15, 0.2) is 6.10 Å². The Bertz CT molecular complexity index is 865. The number of halogens is 1. The number of carbonyl (C=O) groups is 1. The number of hydrogen-bond donors (Lipinski definition) is 1. The molecule has 8 heteroatoms. The molecule has 0 aliphatic heterocycles. The smallest absolute Gasteiger partial charge is 0.265 e. The van der Waals surface area contributed by atoms with Crippen molar-refractivity contribution < 1.29 is 13.9 Å². The van der Waals surface area contributed by atoms with E-state index in [0.717, 1.165) is 5.69 Å². The highest BCUT2D eigenvalue weighted by Crippen LogP contribution is 2.17. The summed E-state index contributed by atoms with van der Waals surface area (Å²) in [5.41, 5.74) is 1.67. The number of hydrogen-bond acceptors (Lipinski definition) is 5. The van der Waals surface area contributed by atoms with Crippen molar-refractivity contribution in [1.29, 1.82) is 0 Å². The number of amides is 1. The molecule has 0 radical (unpaired) electrons. The van der Waals surface area contributed by atoms with E-state index in [0.29, 0.717) is 17.0 Å². The van der Waals surface area contributed by atoms with E-state index in [1.807, 2.05) is 0 Å². The molecule has 0 saturated heterocycles. The summed E-state index contributed by atoms with van der Waals surface area (Å²) >= 11 is 0. The van der Waals surface area contributed by atoms with E-state index in [1.54, 1.807) is 50.2 Å². The summed E-state index contributed by atoms with van der Waals surface area (Å²) in [5.74, 6) is -0.216. The largest absolute Gasteiger partial charge is 0.481 e. The number of benzene rings is 2. The molecule has 7 nitrogen and oxygen atoms in total. The van der Waals surface area contributed by atoms with E-state index < -0.39 is 6.10 Å². The maximum Gasteiger partial charge on any atom is 0.265 e. The Balaban J connectivity index is 1.62. The van der Waals surface area contributed by atoms with Crippen molar-refractivity contribution in [3.05, 3.63) is 60.2 Å². The van der Waals surface area contributed by atoms with Crippen LogP contribution in [0.25, 0.3) is 5.69 Å². The van der Waals surface area contributed by atoms with Gasteiger partial charge in [0.1, 0.15) is 17.9 Å². The van der Waals surface area contributed by atoms with Gasteiger partial charge in [-0.25, -0.2) is 9.07 Å². The lowest BCUT2D eigenvalue weighted by atomic mass is 10.2. The van der Waals surface area contributed by atoms with Crippen LogP contribution >= 0.6 is 0 Å². The Hall–Kier alpha value is -3.29. The van der Waals surface area contributed by atoms with Crippen molar-refractivity contribution in [2.45, 2.75) is 20.0 Å². The lowest BCUT2D eigenvalue weighted by Gasteiger charge is -2.15. The zero-order chi connectivity index (χ0) is 17.8. The van der Waals surface area contributed by atoms with Crippen LogP contribution in [0.15, 0.2) is 48.8 Å².